The van der Waals surface area contributed by atoms with Gasteiger partial charge < -0.3 is 5.32 Å². The third-order valence-electron chi connectivity index (χ3n) is 5.76. The molecule has 1 fully saturated rings. The fourth-order valence-electron chi connectivity index (χ4n) is 3.89. The Morgan fingerprint density at radius 1 is 0.964 bits per heavy atom. The summed E-state index contributed by atoms with van der Waals surface area (Å²) >= 11 is 0. The number of aryl methyl sites for hydroxylation is 1. The first-order valence-electron chi connectivity index (χ1n) is 10.5. The van der Waals surface area contributed by atoms with Crippen LogP contribution in [0.15, 0.2) is 48.5 Å². The molecular weight excluding hydrogens is 344 g/mol. The largest absolute Gasteiger partial charge is 0.350 e. The van der Waals surface area contributed by atoms with Gasteiger partial charge in [0.05, 0.1) is 6.04 Å². The molecule has 0 radical (unpaired) electrons. The molecule has 0 saturated carbocycles. The molecule has 28 heavy (non-hydrogen) atoms. The zero-order valence-electron chi connectivity index (χ0n) is 17.8. The van der Waals surface area contributed by atoms with Crippen LogP contribution in [0.25, 0.3) is 0 Å². The van der Waals surface area contributed by atoms with Gasteiger partial charge in [0.15, 0.2) is 0 Å². The Hall–Kier alpha value is -2.13. The van der Waals surface area contributed by atoms with Gasteiger partial charge in [-0.05, 0) is 61.5 Å². The third-order valence-corrected chi connectivity index (χ3v) is 5.76. The van der Waals surface area contributed by atoms with Crippen molar-refractivity contribution in [2.45, 2.75) is 58.4 Å². The Balaban J connectivity index is 1.75. The van der Waals surface area contributed by atoms with Crippen molar-refractivity contribution >= 4 is 5.91 Å². The molecule has 0 spiro atoms. The molecule has 3 heteroatoms. The average molecular weight is 379 g/mol. The van der Waals surface area contributed by atoms with E-state index in [1.807, 2.05) is 31.2 Å². The van der Waals surface area contributed by atoms with Crippen LogP contribution in [0, 0.1) is 6.92 Å². The molecule has 2 aromatic carbocycles. The number of carbonyl (C=O) groups excluding carboxylic acids is 1. The van der Waals surface area contributed by atoms with E-state index in [0.717, 1.165) is 18.7 Å². The van der Waals surface area contributed by atoms with Gasteiger partial charge in [0, 0.05) is 12.1 Å². The maximum Gasteiger partial charge on any atom is 0.251 e. The molecular formula is C25H34N2O. The Morgan fingerprint density at radius 3 is 2.14 bits per heavy atom. The summed E-state index contributed by atoms with van der Waals surface area (Å²) in [6, 6.07) is 17.0. The van der Waals surface area contributed by atoms with E-state index in [0.29, 0.717) is 6.54 Å². The van der Waals surface area contributed by atoms with Crippen LogP contribution < -0.4 is 5.32 Å². The van der Waals surface area contributed by atoms with Crippen LogP contribution in [0.5, 0.6) is 0 Å². The van der Waals surface area contributed by atoms with Crippen LogP contribution in [-0.4, -0.2) is 30.4 Å². The van der Waals surface area contributed by atoms with Crippen LogP contribution >= 0.6 is 0 Å². The number of piperidine rings is 1. The fourth-order valence-corrected chi connectivity index (χ4v) is 3.89. The first kappa shape index (κ1) is 20.6. The summed E-state index contributed by atoms with van der Waals surface area (Å²) in [5.74, 6) is 0.00770. The van der Waals surface area contributed by atoms with Crippen molar-refractivity contribution in [3.63, 3.8) is 0 Å². The van der Waals surface area contributed by atoms with Crippen molar-refractivity contribution in [1.82, 2.24) is 10.2 Å². The SMILES string of the molecule is Cc1ccc(C(=O)NC[C@@H](c2ccc(C(C)(C)C)cc2)N2CCCCC2)cc1. The Bertz CT molecular complexity index is 766. The smallest absolute Gasteiger partial charge is 0.251 e. The average Bonchev–Trinajstić information content (AvgIpc) is 2.69. The molecule has 1 atom stereocenters. The lowest BCUT2D eigenvalue weighted by Crippen LogP contribution is -2.40. The lowest BCUT2D eigenvalue weighted by Gasteiger charge is -2.35. The van der Waals surface area contributed by atoms with E-state index in [2.05, 4.69) is 55.3 Å². The summed E-state index contributed by atoms with van der Waals surface area (Å²) in [4.78, 5) is 15.2. The second kappa shape index (κ2) is 8.91. The maximum absolute atomic E-state index is 12.6. The Kier molecular flexibility index (Phi) is 6.56. The maximum atomic E-state index is 12.6. The van der Waals surface area contributed by atoms with E-state index >= 15 is 0 Å². The van der Waals surface area contributed by atoms with Crippen LogP contribution in [0.2, 0.25) is 0 Å². The standard InChI is InChI=1S/C25H34N2O/c1-19-8-10-21(11-9-19)24(28)26-18-23(27-16-6-5-7-17-27)20-12-14-22(15-13-20)25(2,3)4/h8-15,23H,5-7,16-18H2,1-4H3,(H,26,28)/t23-/m0/s1. The van der Waals surface area contributed by atoms with Gasteiger partial charge in [0.25, 0.3) is 5.91 Å². The van der Waals surface area contributed by atoms with E-state index in [1.165, 1.54) is 36.0 Å². The zero-order chi connectivity index (χ0) is 20.1. The summed E-state index contributed by atoms with van der Waals surface area (Å²) in [5.41, 5.74) is 4.68. The molecule has 0 aliphatic carbocycles. The van der Waals surface area contributed by atoms with E-state index in [9.17, 15) is 4.79 Å². The topological polar surface area (TPSA) is 32.3 Å². The Labute approximate surface area is 170 Å². The minimum Gasteiger partial charge on any atom is -0.350 e. The van der Waals surface area contributed by atoms with E-state index in [4.69, 9.17) is 0 Å². The molecule has 1 N–H and O–H groups in total. The molecule has 3 nitrogen and oxygen atoms in total. The van der Waals surface area contributed by atoms with Crippen molar-refractivity contribution in [2.75, 3.05) is 19.6 Å². The number of nitrogens with one attached hydrogen (secondary N) is 1. The van der Waals surface area contributed by atoms with E-state index < -0.39 is 0 Å². The van der Waals surface area contributed by atoms with Gasteiger partial charge >= 0.3 is 0 Å². The number of likely N-dealkylation sites (tertiary alicyclic amines) is 1. The van der Waals surface area contributed by atoms with Crippen LogP contribution in [-0.2, 0) is 5.41 Å². The minimum atomic E-state index is 0.00770. The van der Waals surface area contributed by atoms with Gasteiger partial charge in [-0.2, -0.15) is 0 Å². The molecule has 1 saturated heterocycles. The monoisotopic (exact) mass is 378 g/mol. The van der Waals surface area contributed by atoms with Gasteiger partial charge in [-0.1, -0.05) is 69.2 Å². The number of nitrogens with zero attached hydrogens (tertiary/aromatic N) is 1. The number of hydrogen-bond acceptors (Lipinski definition) is 2. The number of carbonyl (C=O) groups is 1. The molecule has 1 aliphatic heterocycles. The first-order chi connectivity index (χ1) is 13.3. The van der Waals surface area contributed by atoms with Crippen molar-refractivity contribution in [2.24, 2.45) is 0 Å². The number of rotatable bonds is 5. The lowest BCUT2D eigenvalue weighted by atomic mass is 9.86. The predicted molar refractivity (Wildman–Crippen MR) is 117 cm³/mol. The van der Waals surface area contributed by atoms with Crippen LogP contribution in [0.4, 0.5) is 0 Å². The highest BCUT2D eigenvalue weighted by Crippen LogP contribution is 2.28. The number of benzene rings is 2. The highest BCUT2D eigenvalue weighted by Gasteiger charge is 2.24. The van der Waals surface area contributed by atoms with E-state index in [-0.39, 0.29) is 17.4 Å². The number of hydrogen-bond donors (Lipinski definition) is 1. The van der Waals surface area contributed by atoms with Crippen LogP contribution in [0.1, 0.15) is 73.1 Å². The predicted octanol–water partition coefficient (Wildman–Crippen LogP) is 5.25. The van der Waals surface area contributed by atoms with E-state index in [1.54, 1.807) is 0 Å². The molecule has 3 rings (SSSR count). The second-order valence-corrected chi connectivity index (χ2v) is 9.06. The lowest BCUT2D eigenvalue weighted by molar-refractivity contribution is 0.0924. The summed E-state index contributed by atoms with van der Waals surface area (Å²) < 4.78 is 0. The molecule has 1 aliphatic rings. The van der Waals surface area contributed by atoms with Crippen molar-refractivity contribution in [3.05, 3.63) is 70.8 Å². The minimum absolute atomic E-state index is 0.00770. The molecule has 1 amide bonds. The molecule has 2 aromatic rings. The van der Waals surface area contributed by atoms with Gasteiger partial charge in [-0.25, -0.2) is 0 Å². The summed E-state index contributed by atoms with van der Waals surface area (Å²) in [7, 11) is 0. The Morgan fingerprint density at radius 2 is 1.57 bits per heavy atom. The first-order valence-corrected chi connectivity index (χ1v) is 10.5. The fraction of sp³-hybridized carbons (Fsp3) is 0.480. The normalized spacial score (nSPS) is 16.6. The molecule has 0 aromatic heterocycles. The van der Waals surface area contributed by atoms with Crippen molar-refractivity contribution in [1.29, 1.82) is 0 Å². The second-order valence-electron chi connectivity index (χ2n) is 9.06. The van der Waals surface area contributed by atoms with Gasteiger partial charge in [-0.15, -0.1) is 0 Å². The summed E-state index contributed by atoms with van der Waals surface area (Å²) in [6.45, 7) is 11.6. The summed E-state index contributed by atoms with van der Waals surface area (Å²) in [6.07, 6.45) is 3.78. The van der Waals surface area contributed by atoms with Gasteiger partial charge in [0.1, 0.15) is 0 Å². The number of amides is 1. The van der Waals surface area contributed by atoms with Gasteiger partial charge in [0.2, 0.25) is 0 Å². The molecule has 150 valence electrons. The molecule has 0 unspecified atom stereocenters. The third kappa shape index (κ3) is 5.23. The zero-order valence-corrected chi connectivity index (χ0v) is 17.8. The van der Waals surface area contributed by atoms with Crippen molar-refractivity contribution < 1.29 is 4.79 Å². The summed E-state index contributed by atoms with van der Waals surface area (Å²) in [5, 5.41) is 3.18. The van der Waals surface area contributed by atoms with Crippen LogP contribution in [0.3, 0.4) is 0 Å². The van der Waals surface area contributed by atoms with Crippen molar-refractivity contribution in [3.8, 4) is 0 Å². The molecule has 1 heterocycles. The van der Waals surface area contributed by atoms with Gasteiger partial charge in [-0.3, -0.25) is 9.69 Å². The highest BCUT2D eigenvalue weighted by molar-refractivity contribution is 5.94. The highest BCUT2D eigenvalue weighted by atomic mass is 16.1. The quantitative estimate of drug-likeness (QED) is 0.771. The molecule has 0 bridgehead atoms.